The van der Waals surface area contributed by atoms with Crippen LogP contribution in [0.25, 0.3) is 11.0 Å². The zero-order valence-electron chi connectivity index (χ0n) is 14.6. The molecule has 14 heteroatoms. The van der Waals surface area contributed by atoms with Gasteiger partial charge in [0.15, 0.2) is 11.9 Å². The van der Waals surface area contributed by atoms with Gasteiger partial charge in [-0.3, -0.25) is 4.55 Å². The van der Waals surface area contributed by atoms with Crippen LogP contribution in [0.4, 0.5) is 5.82 Å². The molecule has 2 aromatic heterocycles. The quantitative estimate of drug-likeness (QED) is 0.254. The van der Waals surface area contributed by atoms with Crippen molar-refractivity contribution in [1.29, 1.82) is 0 Å². The molecule has 0 saturated carbocycles. The molecule has 4 atom stereocenters. The molecular formula is C14H18N6O7S. The largest absolute Gasteiger partial charge is 0.387 e. The van der Waals surface area contributed by atoms with Gasteiger partial charge in [-0.25, -0.2) is 14.6 Å². The second kappa shape index (κ2) is 7.93. The van der Waals surface area contributed by atoms with Gasteiger partial charge in [-0.2, -0.15) is 18.2 Å². The Hall–Kier alpha value is -2.38. The Balaban J connectivity index is 1.97. The van der Waals surface area contributed by atoms with E-state index in [0.717, 1.165) is 0 Å². The third-order valence-electron chi connectivity index (χ3n) is 3.99. The van der Waals surface area contributed by atoms with Crippen molar-refractivity contribution in [3.05, 3.63) is 12.0 Å². The summed E-state index contributed by atoms with van der Waals surface area (Å²) >= 11 is 0. The lowest BCUT2D eigenvalue weighted by atomic mass is 10.1. The minimum absolute atomic E-state index is 0.107. The third kappa shape index (κ3) is 4.05. The Kier molecular flexibility index (Phi) is 5.76. The molecule has 0 aliphatic carbocycles. The molecule has 3 heterocycles. The minimum Gasteiger partial charge on any atom is -0.387 e. The van der Waals surface area contributed by atoms with E-state index in [-0.39, 0.29) is 23.8 Å². The Bertz CT molecular complexity index is 1030. The number of methoxy groups -OCH3 is 1. The normalized spacial score (nSPS) is 25.0. The van der Waals surface area contributed by atoms with Gasteiger partial charge in [0.1, 0.15) is 42.8 Å². The second-order valence-electron chi connectivity index (χ2n) is 5.86. The number of nitrogens with zero attached hydrogens (tertiary/aromatic N) is 4. The molecule has 1 fully saturated rings. The number of anilines is 1. The van der Waals surface area contributed by atoms with Crippen molar-refractivity contribution in [2.45, 2.75) is 24.5 Å². The first-order valence-electron chi connectivity index (χ1n) is 7.93. The SMILES string of the molecule is COCC#Cc1nn([C@@H]2O[C@H](CNS(=O)(=O)O)[C@@H](O)[C@H]2O)c2ncnc(N)c12. The molecule has 1 aliphatic rings. The van der Waals surface area contributed by atoms with Crippen LogP contribution in [0.5, 0.6) is 0 Å². The first kappa shape index (κ1) is 20.4. The van der Waals surface area contributed by atoms with Crippen molar-refractivity contribution < 1.29 is 32.7 Å². The first-order chi connectivity index (χ1) is 13.2. The number of fused-ring (bicyclic) bond motifs is 1. The maximum absolute atomic E-state index is 10.8. The zero-order chi connectivity index (χ0) is 20.5. The highest BCUT2D eigenvalue weighted by molar-refractivity contribution is 7.83. The summed E-state index contributed by atoms with van der Waals surface area (Å²) in [6.07, 6.45) is -4.09. The summed E-state index contributed by atoms with van der Waals surface area (Å²) in [7, 11) is -3.02. The lowest BCUT2D eigenvalue weighted by Gasteiger charge is -2.15. The number of rotatable bonds is 5. The molecule has 0 spiro atoms. The van der Waals surface area contributed by atoms with Crippen LogP contribution >= 0.6 is 0 Å². The fourth-order valence-electron chi connectivity index (χ4n) is 2.74. The van der Waals surface area contributed by atoms with Gasteiger partial charge in [0, 0.05) is 13.7 Å². The van der Waals surface area contributed by atoms with Crippen LogP contribution in [0.15, 0.2) is 6.33 Å². The van der Waals surface area contributed by atoms with E-state index >= 15 is 0 Å². The molecule has 0 radical (unpaired) electrons. The predicted octanol–water partition coefficient (Wildman–Crippen LogP) is -2.58. The van der Waals surface area contributed by atoms with Crippen molar-refractivity contribution >= 4 is 27.2 Å². The topological polar surface area (TPSA) is 195 Å². The standard InChI is InChI=1S/C14H18N6O7S/c1-26-4-2-3-7-9-12(15)16-6-17-13(9)20(19-7)14-11(22)10(21)8(27-14)5-18-28(23,24)25/h6,8,10-11,14,18,21-22H,4-5H2,1H3,(H2,15,16,17)(H,23,24,25)/t8-,10-,11-,14-/m1/s1. The summed E-state index contributed by atoms with van der Waals surface area (Å²) in [6, 6.07) is 0. The molecular weight excluding hydrogens is 396 g/mol. The summed E-state index contributed by atoms with van der Waals surface area (Å²) in [5.41, 5.74) is 6.32. The predicted molar refractivity (Wildman–Crippen MR) is 94.0 cm³/mol. The number of nitrogen functional groups attached to an aromatic ring is 1. The Morgan fingerprint density at radius 3 is 2.82 bits per heavy atom. The molecule has 0 aromatic carbocycles. The molecule has 28 heavy (non-hydrogen) atoms. The summed E-state index contributed by atoms with van der Waals surface area (Å²) in [5, 5.41) is 25.1. The van der Waals surface area contributed by atoms with Gasteiger partial charge in [0.25, 0.3) is 0 Å². The van der Waals surface area contributed by atoms with Gasteiger partial charge < -0.3 is 25.4 Å². The maximum Gasteiger partial charge on any atom is 0.333 e. The molecule has 6 N–H and O–H groups in total. The number of aliphatic hydroxyl groups is 2. The Morgan fingerprint density at radius 2 is 2.14 bits per heavy atom. The van der Waals surface area contributed by atoms with Crippen LogP contribution in [0.1, 0.15) is 11.9 Å². The Labute approximate surface area is 159 Å². The summed E-state index contributed by atoms with van der Waals surface area (Å²) in [5.74, 6) is 5.60. The average Bonchev–Trinajstić information content (AvgIpc) is 3.13. The van der Waals surface area contributed by atoms with E-state index in [0.29, 0.717) is 5.39 Å². The zero-order valence-corrected chi connectivity index (χ0v) is 15.4. The van der Waals surface area contributed by atoms with E-state index in [1.165, 1.54) is 18.1 Å². The highest BCUT2D eigenvalue weighted by Gasteiger charge is 2.45. The van der Waals surface area contributed by atoms with Crippen LogP contribution < -0.4 is 10.5 Å². The number of ether oxygens (including phenoxy) is 2. The second-order valence-corrected chi connectivity index (χ2v) is 7.09. The van der Waals surface area contributed by atoms with Crippen LogP contribution in [0.3, 0.4) is 0 Å². The molecule has 3 rings (SSSR count). The average molecular weight is 414 g/mol. The smallest absolute Gasteiger partial charge is 0.333 e. The van der Waals surface area contributed by atoms with Crippen LogP contribution in [0.2, 0.25) is 0 Å². The van der Waals surface area contributed by atoms with Crippen molar-refractivity contribution in [3.8, 4) is 11.8 Å². The van der Waals surface area contributed by atoms with Crippen molar-refractivity contribution in [2.75, 3.05) is 26.0 Å². The molecule has 13 nitrogen and oxygen atoms in total. The summed E-state index contributed by atoms with van der Waals surface area (Å²) in [6.45, 7) is -0.322. The fourth-order valence-corrected chi connectivity index (χ4v) is 3.11. The number of aliphatic hydroxyl groups excluding tert-OH is 2. The van der Waals surface area contributed by atoms with Crippen LogP contribution in [-0.2, 0) is 19.8 Å². The van der Waals surface area contributed by atoms with Gasteiger partial charge in [0.05, 0.1) is 5.39 Å². The lowest BCUT2D eigenvalue weighted by molar-refractivity contribution is -0.0402. The highest BCUT2D eigenvalue weighted by atomic mass is 32.2. The number of aromatic nitrogens is 4. The van der Waals surface area contributed by atoms with Gasteiger partial charge in [0.2, 0.25) is 0 Å². The van der Waals surface area contributed by atoms with E-state index in [2.05, 4.69) is 26.9 Å². The van der Waals surface area contributed by atoms with Gasteiger partial charge >= 0.3 is 10.3 Å². The van der Waals surface area contributed by atoms with Gasteiger partial charge in [-0.15, -0.1) is 0 Å². The number of hydrogen-bond acceptors (Lipinski definition) is 10. The van der Waals surface area contributed by atoms with Crippen molar-refractivity contribution in [2.24, 2.45) is 0 Å². The number of nitrogens with two attached hydrogens (primary N) is 1. The number of hydrogen-bond donors (Lipinski definition) is 5. The van der Waals surface area contributed by atoms with Crippen molar-refractivity contribution in [3.63, 3.8) is 0 Å². The first-order valence-corrected chi connectivity index (χ1v) is 9.37. The van der Waals surface area contributed by atoms with E-state index in [9.17, 15) is 18.6 Å². The molecule has 0 bridgehead atoms. The van der Waals surface area contributed by atoms with Crippen LogP contribution in [0, 0.1) is 11.8 Å². The van der Waals surface area contributed by atoms with Gasteiger partial charge in [-0.1, -0.05) is 5.92 Å². The molecule has 1 saturated heterocycles. The molecule has 152 valence electrons. The summed E-state index contributed by atoms with van der Waals surface area (Å²) < 4.78 is 43.8. The van der Waals surface area contributed by atoms with E-state index in [4.69, 9.17) is 19.8 Å². The number of nitrogens with one attached hydrogen (secondary N) is 1. The third-order valence-corrected chi connectivity index (χ3v) is 4.52. The van der Waals surface area contributed by atoms with Gasteiger partial charge in [-0.05, 0) is 5.92 Å². The lowest BCUT2D eigenvalue weighted by Crippen LogP contribution is -2.39. The van der Waals surface area contributed by atoms with E-state index in [1.807, 2.05) is 0 Å². The van der Waals surface area contributed by atoms with Crippen molar-refractivity contribution in [1.82, 2.24) is 24.5 Å². The maximum atomic E-state index is 10.8. The fraction of sp³-hybridized carbons (Fsp3) is 0.500. The minimum atomic E-state index is -4.50. The highest BCUT2D eigenvalue weighted by Crippen LogP contribution is 2.32. The molecule has 1 aliphatic heterocycles. The summed E-state index contributed by atoms with van der Waals surface area (Å²) in [4.78, 5) is 7.99. The van der Waals surface area contributed by atoms with E-state index < -0.39 is 41.4 Å². The van der Waals surface area contributed by atoms with Crippen LogP contribution in [-0.4, -0.2) is 81.5 Å². The molecule has 0 amide bonds. The Morgan fingerprint density at radius 1 is 1.39 bits per heavy atom. The monoisotopic (exact) mass is 414 g/mol. The van der Waals surface area contributed by atoms with E-state index in [1.54, 1.807) is 4.72 Å². The molecule has 2 aromatic rings. The molecule has 0 unspecified atom stereocenters.